The van der Waals surface area contributed by atoms with Crippen LogP contribution in [0.4, 0.5) is 0 Å². The summed E-state index contributed by atoms with van der Waals surface area (Å²) in [5.74, 6) is 0. The van der Waals surface area contributed by atoms with Crippen molar-refractivity contribution in [1.29, 1.82) is 0 Å². The molecule has 0 aromatic heterocycles. The molecule has 1 N–H and O–H groups in total. The number of benzene rings is 1. The van der Waals surface area contributed by atoms with Crippen molar-refractivity contribution < 1.29 is 0 Å². The number of nitrogens with one attached hydrogen (secondary N) is 1. The number of hydrogen-bond acceptors (Lipinski definition) is 1. The molecule has 0 bridgehead atoms. The fourth-order valence-corrected chi connectivity index (χ4v) is 3.16. The molecule has 1 nitrogen and oxygen atoms in total. The Morgan fingerprint density at radius 2 is 2.33 bits per heavy atom. The summed E-state index contributed by atoms with van der Waals surface area (Å²) in [6, 6.07) is 4.50. The highest BCUT2D eigenvalue weighted by molar-refractivity contribution is 9.10. The lowest BCUT2D eigenvalue weighted by Crippen LogP contribution is -2.30. The second-order valence-electron chi connectivity index (χ2n) is 3.97. The smallest absolute Gasteiger partial charge is 0.0442 e. The van der Waals surface area contributed by atoms with Gasteiger partial charge in [-0.1, -0.05) is 40.9 Å². The summed E-state index contributed by atoms with van der Waals surface area (Å²) in [5, 5.41) is 4.47. The summed E-state index contributed by atoms with van der Waals surface area (Å²) in [5.41, 5.74) is 2.69. The van der Waals surface area contributed by atoms with Gasteiger partial charge in [-0.25, -0.2) is 0 Å². The molecule has 1 unspecified atom stereocenters. The third-order valence-electron chi connectivity index (χ3n) is 2.94. The molecule has 0 radical (unpaired) electrons. The predicted octanol–water partition coefficient (Wildman–Crippen LogP) is 4.09. The summed E-state index contributed by atoms with van der Waals surface area (Å²) < 4.78 is 1.19. The van der Waals surface area contributed by atoms with E-state index in [0.29, 0.717) is 6.04 Å². The van der Waals surface area contributed by atoms with Crippen LogP contribution in [-0.2, 0) is 6.42 Å². The summed E-state index contributed by atoms with van der Waals surface area (Å²) in [7, 11) is 0. The van der Waals surface area contributed by atoms with Crippen molar-refractivity contribution in [2.75, 3.05) is 6.54 Å². The molecular weight excluding hydrogens is 273 g/mol. The SMILES string of the molecule is CCCC1NCCc2c(Cl)ccc(Br)c21. The normalized spacial score (nSPS) is 20.1. The zero-order chi connectivity index (χ0) is 10.8. The van der Waals surface area contributed by atoms with E-state index < -0.39 is 0 Å². The third-order valence-corrected chi connectivity index (χ3v) is 3.98. The van der Waals surface area contributed by atoms with Crippen molar-refractivity contribution in [3.05, 3.63) is 32.8 Å². The zero-order valence-electron chi connectivity index (χ0n) is 8.82. The maximum absolute atomic E-state index is 6.23. The van der Waals surface area contributed by atoms with Gasteiger partial charge in [-0.15, -0.1) is 0 Å². The largest absolute Gasteiger partial charge is 0.310 e. The fraction of sp³-hybridized carbons (Fsp3) is 0.500. The van der Waals surface area contributed by atoms with Gasteiger partial charge in [0.2, 0.25) is 0 Å². The van der Waals surface area contributed by atoms with E-state index in [1.807, 2.05) is 6.07 Å². The average molecular weight is 289 g/mol. The molecule has 2 rings (SSSR count). The Morgan fingerprint density at radius 1 is 1.53 bits per heavy atom. The summed E-state index contributed by atoms with van der Waals surface area (Å²) in [4.78, 5) is 0. The minimum atomic E-state index is 0.465. The second kappa shape index (κ2) is 4.86. The van der Waals surface area contributed by atoms with Crippen molar-refractivity contribution in [3.8, 4) is 0 Å². The number of hydrogen-bond donors (Lipinski definition) is 1. The van der Waals surface area contributed by atoms with Crippen molar-refractivity contribution in [1.82, 2.24) is 5.32 Å². The van der Waals surface area contributed by atoms with Crippen LogP contribution in [0.3, 0.4) is 0 Å². The van der Waals surface area contributed by atoms with Gasteiger partial charge in [-0.2, -0.15) is 0 Å². The molecule has 0 saturated heterocycles. The highest BCUT2D eigenvalue weighted by Gasteiger charge is 2.23. The van der Waals surface area contributed by atoms with Crippen LogP contribution in [0.5, 0.6) is 0 Å². The first-order chi connectivity index (χ1) is 7.24. The Balaban J connectivity index is 2.45. The van der Waals surface area contributed by atoms with E-state index in [0.717, 1.165) is 18.0 Å². The molecule has 1 aliphatic rings. The van der Waals surface area contributed by atoms with Crippen molar-refractivity contribution in [2.45, 2.75) is 32.2 Å². The lowest BCUT2D eigenvalue weighted by Gasteiger charge is -2.28. The van der Waals surface area contributed by atoms with E-state index in [1.165, 1.54) is 28.4 Å². The highest BCUT2D eigenvalue weighted by Crippen LogP contribution is 2.36. The number of rotatable bonds is 2. The van der Waals surface area contributed by atoms with Crippen molar-refractivity contribution in [3.63, 3.8) is 0 Å². The zero-order valence-corrected chi connectivity index (χ0v) is 11.2. The van der Waals surface area contributed by atoms with Gasteiger partial charge in [0.1, 0.15) is 0 Å². The fourth-order valence-electron chi connectivity index (χ4n) is 2.25. The molecule has 0 saturated carbocycles. The van der Waals surface area contributed by atoms with E-state index in [-0.39, 0.29) is 0 Å². The van der Waals surface area contributed by atoms with Gasteiger partial charge in [0.25, 0.3) is 0 Å². The van der Waals surface area contributed by atoms with Crippen molar-refractivity contribution in [2.24, 2.45) is 0 Å². The van der Waals surface area contributed by atoms with E-state index >= 15 is 0 Å². The molecule has 1 aromatic carbocycles. The molecule has 1 aromatic rings. The first kappa shape index (κ1) is 11.4. The molecule has 3 heteroatoms. The Hall–Kier alpha value is -0.0500. The quantitative estimate of drug-likeness (QED) is 0.864. The van der Waals surface area contributed by atoms with Gasteiger partial charge >= 0.3 is 0 Å². The van der Waals surface area contributed by atoms with Crippen LogP contribution in [0.25, 0.3) is 0 Å². The monoisotopic (exact) mass is 287 g/mol. The van der Waals surface area contributed by atoms with E-state index in [1.54, 1.807) is 0 Å². The van der Waals surface area contributed by atoms with Crippen LogP contribution in [0.1, 0.15) is 36.9 Å². The molecule has 0 amide bonds. The highest BCUT2D eigenvalue weighted by atomic mass is 79.9. The Bertz CT molecular complexity index is 365. The topological polar surface area (TPSA) is 12.0 Å². The Labute approximate surface area is 104 Å². The van der Waals surface area contributed by atoms with Gasteiger partial charge in [0.15, 0.2) is 0 Å². The third kappa shape index (κ3) is 2.22. The van der Waals surface area contributed by atoms with Crippen LogP contribution < -0.4 is 5.32 Å². The van der Waals surface area contributed by atoms with E-state index in [2.05, 4.69) is 34.2 Å². The van der Waals surface area contributed by atoms with Gasteiger partial charge in [0, 0.05) is 15.5 Å². The van der Waals surface area contributed by atoms with Crippen LogP contribution in [-0.4, -0.2) is 6.54 Å². The molecule has 1 atom stereocenters. The lowest BCUT2D eigenvalue weighted by molar-refractivity contribution is 0.469. The molecule has 15 heavy (non-hydrogen) atoms. The molecule has 82 valence electrons. The molecule has 0 spiro atoms. The first-order valence-corrected chi connectivity index (χ1v) is 6.61. The second-order valence-corrected chi connectivity index (χ2v) is 5.23. The number of halogens is 2. The summed E-state index contributed by atoms with van der Waals surface area (Å²) in [6.07, 6.45) is 3.40. The Kier molecular flexibility index (Phi) is 3.70. The van der Waals surface area contributed by atoms with E-state index in [9.17, 15) is 0 Å². The summed E-state index contributed by atoms with van der Waals surface area (Å²) in [6.45, 7) is 3.25. The molecule has 1 heterocycles. The number of fused-ring (bicyclic) bond motifs is 1. The first-order valence-electron chi connectivity index (χ1n) is 5.44. The van der Waals surface area contributed by atoms with Crippen LogP contribution in [0, 0.1) is 0 Å². The molecule has 0 fully saturated rings. The molecule has 1 aliphatic heterocycles. The van der Waals surface area contributed by atoms with Crippen molar-refractivity contribution >= 4 is 27.5 Å². The van der Waals surface area contributed by atoms with Gasteiger partial charge in [-0.05, 0) is 42.6 Å². The maximum atomic E-state index is 6.23. The van der Waals surface area contributed by atoms with Gasteiger partial charge < -0.3 is 5.32 Å². The minimum Gasteiger partial charge on any atom is -0.310 e. The van der Waals surface area contributed by atoms with Gasteiger partial charge in [-0.3, -0.25) is 0 Å². The van der Waals surface area contributed by atoms with Crippen LogP contribution in [0.2, 0.25) is 5.02 Å². The molecular formula is C12H15BrClN. The van der Waals surface area contributed by atoms with E-state index in [4.69, 9.17) is 11.6 Å². The minimum absolute atomic E-state index is 0.465. The average Bonchev–Trinajstić information content (AvgIpc) is 2.24. The Morgan fingerprint density at radius 3 is 3.07 bits per heavy atom. The standard InChI is InChI=1S/C12H15BrClN/c1-2-3-11-12-8(6-7-15-11)10(14)5-4-9(12)13/h4-5,11,15H,2-3,6-7H2,1H3. The van der Waals surface area contributed by atoms with Crippen LogP contribution >= 0.6 is 27.5 Å². The predicted molar refractivity (Wildman–Crippen MR) is 68.5 cm³/mol. The maximum Gasteiger partial charge on any atom is 0.0442 e. The lowest BCUT2D eigenvalue weighted by atomic mass is 9.92. The van der Waals surface area contributed by atoms with Crippen LogP contribution in [0.15, 0.2) is 16.6 Å². The summed E-state index contributed by atoms with van der Waals surface area (Å²) >= 11 is 9.86. The molecule has 0 aliphatic carbocycles. The van der Waals surface area contributed by atoms with Gasteiger partial charge in [0.05, 0.1) is 0 Å².